The average Bonchev–Trinajstić information content (AvgIpc) is 1.81. The molecule has 0 rings (SSSR count). The van der Waals surface area contributed by atoms with Crippen molar-refractivity contribution in [2.75, 3.05) is 6.54 Å². The average molecular weight is 203 g/mol. The van der Waals surface area contributed by atoms with Gasteiger partial charge >= 0.3 is 0 Å². The van der Waals surface area contributed by atoms with Crippen molar-refractivity contribution in [1.82, 2.24) is 14.9 Å². The molecule has 0 aromatic carbocycles. The van der Waals surface area contributed by atoms with E-state index < -0.39 is 8.56 Å². The first-order valence-corrected chi connectivity index (χ1v) is 7.70. The Kier molecular flexibility index (Phi) is 5.79. The zero-order valence-electron chi connectivity index (χ0n) is 9.86. The van der Waals surface area contributed by atoms with Gasteiger partial charge in [-0.15, -0.1) is 0 Å². The Labute approximate surface area is 83.9 Å². The van der Waals surface area contributed by atoms with Crippen molar-refractivity contribution in [1.29, 1.82) is 0 Å². The van der Waals surface area contributed by atoms with E-state index in [-0.39, 0.29) is 0 Å². The largest absolute Gasteiger partial charge is 0.314 e. The van der Waals surface area contributed by atoms with Crippen LogP contribution in [0.5, 0.6) is 0 Å². The van der Waals surface area contributed by atoms with Crippen LogP contribution in [0.25, 0.3) is 0 Å². The van der Waals surface area contributed by atoms with Gasteiger partial charge in [-0.05, 0) is 25.2 Å². The molecule has 0 aliphatic heterocycles. The third-order valence-corrected chi connectivity index (χ3v) is 5.06. The van der Waals surface area contributed by atoms with Gasteiger partial charge in [-0.25, -0.2) is 0 Å². The minimum absolute atomic E-state index is 0.530. The zero-order chi connectivity index (χ0) is 10.5. The molecule has 0 amide bonds. The fourth-order valence-corrected chi connectivity index (χ4v) is 4.96. The predicted octanol–water partition coefficient (Wildman–Crippen LogP) is 1.16. The first-order valence-electron chi connectivity index (χ1n) is 5.20. The molecule has 3 N–H and O–H groups in total. The number of nitrogens with one attached hydrogen (secondary N) is 3. The Morgan fingerprint density at radius 2 is 1.38 bits per heavy atom. The van der Waals surface area contributed by atoms with E-state index in [4.69, 9.17) is 0 Å². The van der Waals surface area contributed by atoms with Gasteiger partial charge in [0.1, 0.15) is 0 Å². The van der Waals surface area contributed by atoms with Gasteiger partial charge in [-0.3, -0.25) is 0 Å². The van der Waals surface area contributed by atoms with Gasteiger partial charge < -0.3 is 14.9 Å². The summed E-state index contributed by atoms with van der Waals surface area (Å²) in [6.45, 7) is 14.2. The topological polar surface area (TPSA) is 36.1 Å². The van der Waals surface area contributed by atoms with Gasteiger partial charge in [0.05, 0.1) is 0 Å². The second-order valence-corrected chi connectivity index (χ2v) is 7.43. The molecule has 4 heteroatoms. The lowest BCUT2D eigenvalue weighted by atomic mass is 10.4. The molecule has 0 bridgehead atoms. The molecule has 0 saturated carbocycles. The quantitative estimate of drug-likeness (QED) is 0.567. The second-order valence-electron chi connectivity index (χ2n) is 4.25. The Hall–Kier alpha value is 0.0969. The summed E-state index contributed by atoms with van der Waals surface area (Å²) in [7, 11) is -1.63. The van der Waals surface area contributed by atoms with Crippen molar-refractivity contribution in [3.05, 3.63) is 0 Å². The van der Waals surface area contributed by atoms with Crippen molar-refractivity contribution in [2.24, 2.45) is 0 Å². The summed E-state index contributed by atoms with van der Waals surface area (Å²) in [6.07, 6.45) is 0. The van der Waals surface area contributed by atoms with E-state index in [1.54, 1.807) is 0 Å². The maximum atomic E-state index is 3.61. The molecular weight excluding hydrogens is 178 g/mol. The number of rotatable bonds is 6. The molecule has 0 spiro atoms. The fourth-order valence-electron chi connectivity index (χ4n) is 1.65. The highest BCUT2D eigenvalue weighted by atomic mass is 28.4. The van der Waals surface area contributed by atoms with Crippen molar-refractivity contribution in [3.63, 3.8) is 0 Å². The van der Waals surface area contributed by atoms with Gasteiger partial charge in [0.25, 0.3) is 8.56 Å². The van der Waals surface area contributed by atoms with Crippen molar-refractivity contribution in [2.45, 2.75) is 53.2 Å². The lowest BCUT2D eigenvalue weighted by molar-refractivity contribution is 0.636. The highest BCUT2D eigenvalue weighted by Gasteiger charge is 2.28. The summed E-state index contributed by atoms with van der Waals surface area (Å²) in [5.74, 6) is 0. The molecule has 13 heavy (non-hydrogen) atoms. The molecule has 0 atom stereocenters. The van der Waals surface area contributed by atoms with Crippen LogP contribution in [0.15, 0.2) is 0 Å². The van der Waals surface area contributed by atoms with E-state index in [0.717, 1.165) is 6.54 Å². The number of hydrogen-bond donors (Lipinski definition) is 3. The Balaban J connectivity index is 4.15. The third-order valence-electron chi connectivity index (χ3n) is 1.69. The minimum atomic E-state index is -1.63. The monoisotopic (exact) mass is 203 g/mol. The van der Waals surface area contributed by atoms with Crippen LogP contribution in [-0.4, -0.2) is 27.2 Å². The van der Waals surface area contributed by atoms with Crippen LogP contribution in [-0.2, 0) is 0 Å². The van der Waals surface area contributed by atoms with Gasteiger partial charge in [-0.2, -0.15) is 0 Å². The summed E-state index contributed by atoms with van der Waals surface area (Å²) in [4.78, 5) is 10.7. The molecule has 0 aliphatic carbocycles. The van der Waals surface area contributed by atoms with Crippen LogP contribution in [0.1, 0.15) is 34.6 Å². The summed E-state index contributed by atoms with van der Waals surface area (Å²) >= 11 is 0. The third kappa shape index (κ3) is 6.21. The summed E-state index contributed by atoms with van der Waals surface area (Å²) in [5.41, 5.74) is 0. The maximum Gasteiger partial charge on any atom is 0.278 e. The van der Waals surface area contributed by atoms with E-state index in [1.165, 1.54) is 0 Å². The highest BCUT2D eigenvalue weighted by molar-refractivity contribution is 6.71. The predicted molar refractivity (Wildman–Crippen MR) is 61.8 cm³/mol. The Bertz CT molecular complexity index is 127. The van der Waals surface area contributed by atoms with Crippen LogP contribution < -0.4 is 14.9 Å². The molecule has 3 nitrogen and oxygen atoms in total. The van der Waals surface area contributed by atoms with Crippen molar-refractivity contribution < 1.29 is 0 Å². The van der Waals surface area contributed by atoms with Crippen LogP contribution in [0.3, 0.4) is 0 Å². The SMILES string of the molecule is CCN[Si](C)(NC(C)C)NC(C)C. The molecule has 0 aromatic heterocycles. The number of hydrogen-bond acceptors (Lipinski definition) is 3. The normalized spacial score (nSPS) is 12.9. The van der Waals surface area contributed by atoms with Gasteiger partial charge in [-0.1, -0.05) is 34.6 Å². The molecule has 0 saturated heterocycles. The van der Waals surface area contributed by atoms with E-state index in [2.05, 4.69) is 56.1 Å². The first-order chi connectivity index (χ1) is 5.89. The van der Waals surface area contributed by atoms with E-state index in [0.29, 0.717) is 12.1 Å². The fraction of sp³-hybridized carbons (Fsp3) is 1.00. The van der Waals surface area contributed by atoms with Gasteiger partial charge in [0.2, 0.25) is 0 Å². The zero-order valence-corrected chi connectivity index (χ0v) is 10.9. The molecular formula is C9H25N3Si. The van der Waals surface area contributed by atoms with Crippen LogP contribution in [0.2, 0.25) is 6.55 Å². The minimum Gasteiger partial charge on any atom is -0.314 e. The molecule has 80 valence electrons. The Morgan fingerprint density at radius 1 is 1.00 bits per heavy atom. The van der Waals surface area contributed by atoms with Gasteiger partial charge in [0, 0.05) is 0 Å². The second kappa shape index (κ2) is 5.75. The first kappa shape index (κ1) is 13.1. The summed E-state index contributed by atoms with van der Waals surface area (Å²) < 4.78 is 0. The standard InChI is InChI=1S/C9H25N3Si/c1-7-10-13(6,11-8(2)3)12-9(4)5/h8-12H,7H2,1-6H3. The molecule has 0 radical (unpaired) electrons. The van der Waals surface area contributed by atoms with E-state index in [9.17, 15) is 0 Å². The lowest BCUT2D eigenvalue weighted by Crippen LogP contribution is -2.72. The van der Waals surface area contributed by atoms with Crippen LogP contribution in [0.4, 0.5) is 0 Å². The molecule has 0 fully saturated rings. The van der Waals surface area contributed by atoms with E-state index in [1.807, 2.05) is 0 Å². The van der Waals surface area contributed by atoms with Crippen molar-refractivity contribution in [3.8, 4) is 0 Å². The van der Waals surface area contributed by atoms with Crippen LogP contribution in [0, 0.1) is 0 Å². The molecule has 0 aliphatic rings. The van der Waals surface area contributed by atoms with Crippen molar-refractivity contribution >= 4 is 8.56 Å². The highest BCUT2D eigenvalue weighted by Crippen LogP contribution is 1.93. The molecule has 0 unspecified atom stereocenters. The molecule has 0 heterocycles. The lowest BCUT2D eigenvalue weighted by Gasteiger charge is -2.33. The molecule has 0 aromatic rings. The Morgan fingerprint density at radius 3 is 1.62 bits per heavy atom. The van der Waals surface area contributed by atoms with Gasteiger partial charge in [0.15, 0.2) is 0 Å². The van der Waals surface area contributed by atoms with Crippen LogP contribution >= 0.6 is 0 Å². The summed E-state index contributed by atoms with van der Waals surface area (Å²) in [6, 6.07) is 1.06. The smallest absolute Gasteiger partial charge is 0.278 e. The maximum absolute atomic E-state index is 3.61. The van der Waals surface area contributed by atoms with E-state index >= 15 is 0 Å². The summed E-state index contributed by atoms with van der Waals surface area (Å²) in [5, 5.41) is 0.